The van der Waals surface area contributed by atoms with Crippen LogP contribution < -0.4 is 0 Å². The number of alkyl halides is 2. The monoisotopic (exact) mass is 427 g/mol. The summed E-state index contributed by atoms with van der Waals surface area (Å²) in [7, 11) is -3.40. The van der Waals surface area contributed by atoms with Crippen molar-refractivity contribution < 1.29 is 21.6 Å². The molecule has 1 fully saturated rings. The van der Waals surface area contributed by atoms with E-state index in [4.69, 9.17) is 11.6 Å². The van der Waals surface area contributed by atoms with E-state index in [-0.39, 0.29) is 17.7 Å². The highest BCUT2D eigenvalue weighted by molar-refractivity contribution is 7.89. The number of hydrogen-bond donors (Lipinski definition) is 1. The summed E-state index contributed by atoms with van der Waals surface area (Å²) in [5, 5.41) is 0.909. The number of halogens is 4. The molecular weight excluding hydrogens is 411 g/mol. The summed E-state index contributed by atoms with van der Waals surface area (Å²) in [5.74, 6) is -5.31. The Balaban J connectivity index is 1.89. The van der Waals surface area contributed by atoms with E-state index in [2.05, 4.69) is 4.98 Å². The molecule has 1 N–H and O–H groups in total. The first kappa shape index (κ1) is 19.3. The van der Waals surface area contributed by atoms with Gasteiger partial charge in [-0.2, -0.15) is 0 Å². The summed E-state index contributed by atoms with van der Waals surface area (Å²) < 4.78 is 65.6. The highest BCUT2D eigenvalue weighted by Gasteiger charge is 2.61. The van der Waals surface area contributed by atoms with Crippen molar-refractivity contribution in [1.29, 1.82) is 0 Å². The molecule has 1 aliphatic rings. The molecule has 1 aromatic heterocycles. The van der Waals surface area contributed by atoms with E-state index in [1.807, 2.05) is 0 Å². The number of aromatic nitrogens is 1. The first-order valence-electron chi connectivity index (χ1n) is 8.65. The Labute approximate surface area is 165 Å². The van der Waals surface area contributed by atoms with Gasteiger partial charge in [0.2, 0.25) is 0 Å². The number of H-pyrrole nitrogens is 1. The fraction of sp³-hybridized carbons (Fsp3) is 0.300. The molecule has 3 aromatic rings. The van der Waals surface area contributed by atoms with Crippen molar-refractivity contribution in [2.75, 3.05) is 6.26 Å². The summed E-state index contributed by atoms with van der Waals surface area (Å²) in [6, 6.07) is 9.07. The number of aromatic amines is 1. The van der Waals surface area contributed by atoms with Gasteiger partial charge in [0, 0.05) is 41.1 Å². The standard InChI is InChI=1S/C20H17ClF3NO2S/c1-28(26,27)10-12-6-14(22)7-15-16(9-25-19(12)15)18(17-8-20(17,23)24)11-2-4-13(21)5-3-11/h2-7,9,17-18,25H,8,10H2,1H3. The van der Waals surface area contributed by atoms with Gasteiger partial charge in [-0.25, -0.2) is 21.6 Å². The van der Waals surface area contributed by atoms with E-state index >= 15 is 0 Å². The van der Waals surface area contributed by atoms with Crippen molar-refractivity contribution >= 4 is 32.3 Å². The molecule has 0 aliphatic heterocycles. The van der Waals surface area contributed by atoms with Gasteiger partial charge in [-0.05, 0) is 41.0 Å². The van der Waals surface area contributed by atoms with Crippen LogP contribution in [0.25, 0.3) is 10.9 Å². The molecule has 2 unspecified atom stereocenters. The largest absolute Gasteiger partial charge is 0.361 e. The number of sulfone groups is 1. The maximum Gasteiger partial charge on any atom is 0.252 e. The van der Waals surface area contributed by atoms with Crippen LogP contribution >= 0.6 is 11.6 Å². The molecule has 0 spiro atoms. The van der Waals surface area contributed by atoms with Gasteiger partial charge in [0.15, 0.2) is 9.84 Å². The first-order valence-corrected chi connectivity index (χ1v) is 11.1. The van der Waals surface area contributed by atoms with Gasteiger partial charge in [0.1, 0.15) is 5.82 Å². The SMILES string of the molecule is CS(=O)(=O)Cc1cc(F)cc2c(C(c3ccc(Cl)cc3)C3CC3(F)F)c[nH]c12. The summed E-state index contributed by atoms with van der Waals surface area (Å²) in [5.41, 5.74) is 1.90. The van der Waals surface area contributed by atoms with Crippen molar-refractivity contribution in [1.82, 2.24) is 4.98 Å². The molecule has 8 heteroatoms. The third-order valence-electron chi connectivity index (χ3n) is 5.13. The molecule has 1 heterocycles. The molecule has 28 heavy (non-hydrogen) atoms. The van der Waals surface area contributed by atoms with Gasteiger partial charge < -0.3 is 4.98 Å². The fourth-order valence-electron chi connectivity index (χ4n) is 3.84. The van der Waals surface area contributed by atoms with Crippen molar-refractivity contribution in [3.05, 3.63) is 70.1 Å². The predicted octanol–water partition coefficient (Wildman–Crippen LogP) is 5.29. The second-order valence-electron chi connectivity index (χ2n) is 7.40. The van der Waals surface area contributed by atoms with Crippen molar-refractivity contribution in [3.8, 4) is 0 Å². The lowest BCUT2D eigenvalue weighted by atomic mass is 9.86. The van der Waals surface area contributed by atoms with Crippen LogP contribution in [-0.4, -0.2) is 25.6 Å². The summed E-state index contributed by atoms with van der Waals surface area (Å²) in [6.45, 7) is 0. The van der Waals surface area contributed by atoms with Crippen LogP contribution in [-0.2, 0) is 15.6 Å². The van der Waals surface area contributed by atoms with E-state index < -0.39 is 33.4 Å². The molecule has 0 saturated heterocycles. The van der Waals surface area contributed by atoms with Crippen LogP contribution in [0.5, 0.6) is 0 Å². The average Bonchev–Trinajstić information content (AvgIpc) is 2.99. The molecule has 2 aromatic carbocycles. The highest BCUT2D eigenvalue weighted by Crippen LogP contribution is 2.58. The van der Waals surface area contributed by atoms with Crippen LogP contribution in [0.4, 0.5) is 13.2 Å². The first-order chi connectivity index (χ1) is 13.0. The minimum atomic E-state index is -3.40. The van der Waals surface area contributed by atoms with Crippen LogP contribution in [0, 0.1) is 11.7 Å². The normalized spacial score (nSPS) is 19.7. The number of fused-ring (bicyclic) bond motifs is 1. The second-order valence-corrected chi connectivity index (χ2v) is 9.98. The van der Waals surface area contributed by atoms with Gasteiger partial charge >= 0.3 is 0 Å². The second kappa shape index (κ2) is 6.52. The van der Waals surface area contributed by atoms with Crippen molar-refractivity contribution in [2.45, 2.75) is 24.0 Å². The zero-order valence-electron chi connectivity index (χ0n) is 14.8. The molecular formula is C20H17ClF3NO2S. The Morgan fingerprint density at radius 2 is 1.89 bits per heavy atom. The van der Waals surface area contributed by atoms with Crippen molar-refractivity contribution in [2.24, 2.45) is 5.92 Å². The molecule has 2 atom stereocenters. The minimum absolute atomic E-state index is 0.252. The molecule has 0 bridgehead atoms. The lowest BCUT2D eigenvalue weighted by molar-refractivity contribution is 0.0955. The van der Waals surface area contributed by atoms with E-state index in [1.165, 1.54) is 6.07 Å². The van der Waals surface area contributed by atoms with Crippen LogP contribution in [0.1, 0.15) is 29.0 Å². The topological polar surface area (TPSA) is 49.9 Å². The summed E-state index contributed by atoms with van der Waals surface area (Å²) >= 11 is 5.93. The molecule has 148 valence electrons. The number of nitrogens with one attached hydrogen (secondary N) is 1. The number of rotatable bonds is 5. The van der Waals surface area contributed by atoms with E-state index in [0.717, 1.165) is 12.3 Å². The van der Waals surface area contributed by atoms with Gasteiger partial charge in [-0.3, -0.25) is 0 Å². The Morgan fingerprint density at radius 3 is 2.46 bits per heavy atom. The van der Waals surface area contributed by atoms with E-state index in [0.29, 0.717) is 27.1 Å². The fourth-order valence-corrected chi connectivity index (χ4v) is 4.76. The third-order valence-corrected chi connectivity index (χ3v) is 6.21. The van der Waals surface area contributed by atoms with Crippen LogP contribution in [0.15, 0.2) is 42.6 Å². The zero-order valence-corrected chi connectivity index (χ0v) is 16.4. The Morgan fingerprint density at radius 1 is 1.25 bits per heavy atom. The number of hydrogen-bond acceptors (Lipinski definition) is 2. The minimum Gasteiger partial charge on any atom is -0.361 e. The molecule has 3 nitrogen and oxygen atoms in total. The van der Waals surface area contributed by atoms with Crippen LogP contribution in [0.3, 0.4) is 0 Å². The number of benzene rings is 2. The molecule has 1 aliphatic carbocycles. The summed E-state index contributed by atoms with van der Waals surface area (Å²) in [4.78, 5) is 2.98. The lowest BCUT2D eigenvalue weighted by Gasteiger charge is -2.17. The third kappa shape index (κ3) is 3.65. The maximum atomic E-state index is 14.2. The van der Waals surface area contributed by atoms with Gasteiger partial charge in [0.25, 0.3) is 5.92 Å². The lowest BCUT2D eigenvalue weighted by Crippen LogP contribution is -2.09. The van der Waals surface area contributed by atoms with Gasteiger partial charge in [0.05, 0.1) is 11.3 Å². The van der Waals surface area contributed by atoms with E-state index in [9.17, 15) is 21.6 Å². The zero-order chi connectivity index (χ0) is 20.3. The quantitative estimate of drug-likeness (QED) is 0.601. The van der Waals surface area contributed by atoms with Crippen molar-refractivity contribution in [3.63, 3.8) is 0 Å². The Hall–Kier alpha value is -1.99. The molecule has 0 amide bonds. The Bertz CT molecular complexity index is 1160. The maximum absolute atomic E-state index is 14.2. The Kier molecular flexibility index (Phi) is 4.50. The highest BCUT2D eigenvalue weighted by atomic mass is 35.5. The molecule has 1 saturated carbocycles. The average molecular weight is 428 g/mol. The smallest absolute Gasteiger partial charge is 0.252 e. The molecule has 0 radical (unpaired) electrons. The van der Waals surface area contributed by atoms with Gasteiger partial charge in [-0.15, -0.1) is 0 Å². The predicted molar refractivity (Wildman–Crippen MR) is 103 cm³/mol. The van der Waals surface area contributed by atoms with Gasteiger partial charge in [-0.1, -0.05) is 23.7 Å². The van der Waals surface area contributed by atoms with Crippen LogP contribution in [0.2, 0.25) is 5.02 Å². The molecule has 4 rings (SSSR count). The summed E-state index contributed by atoms with van der Waals surface area (Å²) in [6.07, 6.45) is 2.39. The van der Waals surface area contributed by atoms with E-state index in [1.54, 1.807) is 30.5 Å².